The van der Waals surface area contributed by atoms with Crippen LogP contribution in [-0.2, 0) is 16.1 Å². The molecule has 2 aliphatic rings. The highest BCUT2D eigenvalue weighted by Gasteiger charge is 2.26. The van der Waals surface area contributed by atoms with Gasteiger partial charge in [0.25, 0.3) is 0 Å². The van der Waals surface area contributed by atoms with E-state index >= 15 is 0 Å². The molecule has 0 bridgehead atoms. The molecule has 0 atom stereocenters. The Hall–Kier alpha value is -1.99. The molecule has 0 radical (unpaired) electrons. The summed E-state index contributed by atoms with van der Waals surface area (Å²) in [5, 5.41) is 10.8. The summed E-state index contributed by atoms with van der Waals surface area (Å²) in [6.45, 7) is 2.25. The van der Waals surface area contributed by atoms with Crippen molar-refractivity contribution >= 4 is 23.0 Å². The Morgan fingerprint density at radius 1 is 1.07 bits per heavy atom. The smallest absolute Gasteiger partial charge is 0.303 e. The van der Waals surface area contributed by atoms with E-state index in [0.29, 0.717) is 44.0 Å². The quantitative estimate of drug-likeness (QED) is 0.628. The average molecular weight is 422 g/mol. The largest absolute Gasteiger partial charge is 0.481 e. The third-order valence-electron chi connectivity index (χ3n) is 5.69. The molecule has 1 aliphatic heterocycles. The number of nitrogens with zero attached hydrogens (tertiary/aromatic N) is 1. The van der Waals surface area contributed by atoms with Crippen molar-refractivity contribution in [2.75, 3.05) is 24.6 Å². The minimum absolute atomic E-state index is 0.00857. The highest BCUT2D eigenvalue weighted by Crippen LogP contribution is 2.35. The number of carboxylic acids is 1. The standard InChI is InChI=1S/C22H25F2NO3S/c23-19-9-16(17-8-18(29-13-17)12-28-11-15-1-2-15)10-20(24)22(19)25-5-3-14(4-6-25)7-21(26)27/h8-10,13-15H,1-7,11-12H2,(H,26,27). The lowest BCUT2D eigenvalue weighted by Crippen LogP contribution is -2.35. The summed E-state index contributed by atoms with van der Waals surface area (Å²) >= 11 is 1.54. The highest BCUT2D eigenvalue weighted by molar-refractivity contribution is 7.10. The van der Waals surface area contributed by atoms with Crippen LogP contribution >= 0.6 is 11.3 Å². The predicted molar refractivity (Wildman–Crippen MR) is 109 cm³/mol. The van der Waals surface area contributed by atoms with Crippen LogP contribution in [0.2, 0.25) is 0 Å². The fourth-order valence-electron chi connectivity index (χ4n) is 3.86. The number of aliphatic carboxylic acids is 1. The summed E-state index contributed by atoms with van der Waals surface area (Å²) in [6.07, 6.45) is 3.86. The van der Waals surface area contributed by atoms with E-state index < -0.39 is 17.6 Å². The number of hydrogen-bond donors (Lipinski definition) is 1. The summed E-state index contributed by atoms with van der Waals surface area (Å²) in [4.78, 5) is 13.6. The molecule has 156 valence electrons. The number of carbonyl (C=O) groups is 1. The summed E-state index contributed by atoms with van der Waals surface area (Å²) in [5.41, 5.74) is 1.31. The van der Waals surface area contributed by atoms with Crippen LogP contribution in [0.25, 0.3) is 11.1 Å². The van der Waals surface area contributed by atoms with E-state index in [9.17, 15) is 13.6 Å². The second-order valence-electron chi connectivity index (χ2n) is 8.08. The number of benzene rings is 1. The van der Waals surface area contributed by atoms with Gasteiger partial charge in [0.15, 0.2) is 0 Å². The van der Waals surface area contributed by atoms with Gasteiger partial charge in [-0.2, -0.15) is 0 Å². The Kier molecular flexibility index (Phi) is 6.15. The van der Waals surface area contributed by atoms with Gasteiger partial charge in [-0.25, -0.2) is 8.78 Å². The molecule has 0 amide bonds. The molecule has 0 spiro atoms. The zero-order valence-corrected chi connectivity index (χ0v) is 17.0. The first-order chi connectivity index (χ1) is 14.0. The van der Waals surface area contributed by atoms with Crippen LogP contribution in [0.1, 0.15) is 37.0 Å². The second kappa shape index (κ2) is 8.79. The maximum atomic E-state index is 14.8. The Labute approximate surface area is 173 Å². The molecular formula is C22H25F2NO3S. The summed E-state index contributed by atoms with van der Waals surface area (Å²) in [7, 11) is 0. The van der Waals surface area contributed by atoms with Gasteiger partial charge in [0.1, 0.15) is 17.3 Å². The van der Waals surface area contributed by atoms with Crippen LogP contribution in [0.3, 0.4) is 0 Å². The van der Waals surface area contributed by atoms with E-state index in [2.05, 4.69) is 0 Å². The van der Waals surface area contributed by atoms with Gasteiger partial charge in [-0.1, -0.05) is 0 Å². The molecule has 2 fully saturated rings. The Balaban J connectivity index is 1.42. The van der Waals surface area contributed by atoms with Gasteiger partial charge in [0.2, 0.25) is 0 Å². The van der Waals surface area contributed by atoms with Gasteiger partial charge < -0.3 is 14.7 Å². The molecule has 2 aromatic rings. The van der Waals surface area contributed by atoms with E-state index in [1.54, 1.807) is 4.90 Å². The first-order valence-corrected chi connectivity index (χ1v) is 11.0. The number of halogens is 2. The van der Waals surface area contributed by atoms with Crippen molar-refractivity contribution in [1.82, 2.24) is 0 Å². The van der Waals surface area contributed by atoms with E-state index in [0.717, 1.165) is 17.0 Å². The zero-order chi connectivity index (χ0) is 20.4. The number of ether oxygens (including phenoxy) is 1. The monoisotopic (exact) mass is 421 g/mol. The molecule has 1 saturated carbocycles. The van der Waals surface area contributed by atoms with Crippen LogP contribution in [0, 0.1) is 23.5 Å². The minimum Gasteiger partial charge on any atom is -0.481 e. The van der Waals surface area contributed by atoms with Gasteiger partial charge in [-0.3, -0.25) is 4.79 Å². The maximum Gasteiger partial charge on any atom is 0.303 e. The number of piperidine rings is 1. The maximum absolute atomic E-state index is 14.8. The molecule has 1 aromatic heterocycles. The van der Waals surface area contributed by atoms with Crippen molar-refractivity contribution in [3.05, 3.63) is 40.1 Å². The van der Waals surface area contributed by atoms with E-state index in [1.165, 1.54) is 36.3 Å². The SMILES string of the molecule is O=C(O)CC1CCN(c2c(F)cc(-c3csc(COCC4CC4)c3)cc2F)CC1. The van der Waals surface area contributed by atoms with Gasteiger partial charge in [-0.05, 0) is 72.2 Å². The number of rotatable bonds is 8. The summed E-state index contributed by atoms with van der Waals surface area (Å²) < 4.78 is 35.3. The zero-order valence-electron chi connectivity index (χ0n) is 16.2. The lowest BCUT2D eigenvalue weighted by atomic mass is 9.93. The fraction of sp³-hybridized carbons (Fsp3) is 0.500. The van der Waals surface area contributed by atoms with E-state index in [1.807, 2.05) is 11.4 Å². The van der Waals surface area contributed by atoms with Crippen molar-refractivity contribution < 1.29 is 23.4 Å². The third-order valence-corrected chi connectivity index (χ3v) is 6.60. The topological polar surface area (TPSA) is 49.8 Å². The second-order valence-corrected chi connectivity index (χ2v) is 9.07. The minimum atomic E-state index is -0.821. The van der Waals surface area contributed by atoms with Crippen molar-refractivity contribution in [3.8, 4) is 11.1 Å². The summed E-state index contributed by atoms with van der Waals surface area (Å²) in [5.74, 6) is -1.19. The molecule has 7 heteroatoms. The van der Waals surface area contributed by atoms with E-state index in [-0.39, 0.29) is 18.0 Å². The lowest BCUT2D eigenvalue weighted by Gasteiger charge is -2.33. The molecule has 1 N–H and O–H groups in total. The Bertz CT molecular complexity index is 850. The fourth-order valence-corrected chi connectivity index (χ4v) is 4.69. The molecule has 4 rings (SSSR count). The molecule has 4 nitrogen and oxygen atoms in total. The van der Waals surface area contributed by atoms with Crippen LogP contribution in [-0.4, -0.2) is 30.8 Å². The van der Waals surface area contributed by atoms with E-state index in [4.69, 9.17) is 9.84 Å². The van der Waals surface area contributed by atoms with Crippen molar-refractivity contribution in [2.45, 2.75) is 38.7 Å². The van der Waals surface area contributed by atoms with Crippen LogP contribution in [0.15, 0.2) is 23.6 Å². The van der Waals surface area contributed by atoms with Crippen LogP contribution in [0.4, 0.5) is 14.5 Å². The molecule has 1 aliphatic carbocycles. The molecule has 1 saturated heterocycles. The number of carboxylic acid groups (broad SMARTS) is 1. The molecule has 0 unspecified atom stereocenters. The lowest BCUT2D eigenvalue weighted by molar-refractivity contribution is -0.138. The molecular weight excluding hydrogens is 396 g/mol. The number of anilines is 1. The Morgan fingerprint density at radius 3 is 2.38 bits per heavy atom. The predicted octanol–water partition coefficient (Wildman–Crippen LogP) is 5.31. The number of thiophene rings is 1. The molecule has 2 heterocycles. The first-order valence-electron chi connectivity index (χ1n) is 10.1. The highest BCUT2D eigenvalue weighted by atomic mass is 32.1. The summed E-state index contributed by atoms with van der Waals surface area (Å²) in [6, 6.07) is 4.71. The van der Waals surface area contributed by atoms with Crippen molar-refractivity contribution in [3.63, 3.8) is 0 Å². The molecule has 1 aromatic carbocycles. The third kappa shape index (κ3) is 5.14. The van der Waals surface area contributed by atoms with Crippen LogP contribution < -0.4 is 4.90 Å². The molecule has 29 heavy (non-hydrogen) atoms. The van der Waals surface area contributed by atoms with Gasteiger partial charge >= 0.3 is 5.97 Å². The van der Waals surface area contributed by atoms with Crippen molar-refractivity contribution in [2.24, 2.45) is 11.8 Å². The number of hydrogen-bond acceptors (Lipinski definition) is 4. The van der Waals surface area contributed by atoms with Crippen LogP contribution in [0.5, 0.6) is 0 Å². The Morgan fingerprint density at radius 2 is 1.76 bits per heavy atom. The van der Waals surface area contributed by atoms with Gasteiger partial charge in [0, 0.05) is 31.0 Å². The van der Waals surface area contributed by atoms with Gasteiger partial charge in [0.05, 0.1) is 6.61 Å². The van der Waals surface area contributed by atoms with Crippen molar-refractivity contribution in [1.29, 1.82) is 0 Å². The normalized spacial score (nSPS) is 17.7. The van der Waals surface area contributed by atoms with Gasteiger partial charge in [-0.15, -0.1) is 11.3 Å². The average Bonchev–Trinajstić information content (AvgIpc) is 3.37. The first kappa shape index (κ1) is 20.3.